The fourth-order valence-corrected chi connectivity index (χ4v) is 3.82. The van der Waals surface area contributed by atoms with Crippen molar-refractivity contribution in [2.75, 3.05) is 0 Å². The van der Waals surface area contributed by atoms with Crippen molar-refractivity contribution in [1.29, 1.82) is 0 Å². The van der Waals surface area contributed by atoms with E-state index in [0.29, 0.717) is 6.42 Å². The molecule has 26 heavy (non-hydrogen) atoms. The Hall–Kier alpha value is -1.64. The van der Waals surface area contributed by atoms with Crippen molar-refractivity contribution < 1.29 is 9.59 Å². The lowest BCUT2D eigenvalue weighted by Crippen LogP contribution is -2.48. The number of hydrogen-bond acceptors (Lipinski definition) is 2. The maximum absolute atomic E-state index is 13.2. The highest BCUT2D eigenvalue weighted by Gasteiger charge is 2.42. The van der Waals surface area contributed by atoms with Gasteiger partial charge in [0.1, 0.15) is 0 Å². The van der Waals surface area contributed by atoms with Gasteiger partial charge < -0.3 is 5.32 Å². The predicted octanol–water partition coefficient (Wildman–Crippen LogP) is 5.00. The summed E-state index contributed by atoms with van der Waals surface area (Å²) in [6, 6.07) is 7.76. The SMILES string of the molecule is CC(=O)[C@H](Cc1ccc(C)cc1)NC(=O)C1(CCC(C)(C)C)CCCC1. The molecule has 0 aromatic heterocycles. The Morgan fingerprint density at radius 1 is 1.12 bits per heavy atom. The molecule has 1 aliphatic rings. The summed E-state index contributed by atoms with van der Waals surface area (Å²) in [6.07, 6.45) is 6.63. The maximum Gasteiger partial charge on any atom is 0.226 e. The highest BCUT2D eigenvalue weighted by atomic mass is 16.2. The van der Waals surface area contributed by atoms with Gasteiger partial charge in [0.15, 0.2) is 5.78 Å². The molecule has 0 unspecified atom stereocenters. The van der Waals surface area contributed by atoms with E-state index in [0.717, 1.165) is 44.1 Å². The highest BCUT2D eigenvalue weighted by molar-refractivity contribution is 5.90. The van der Waals surface area contributed by atoms with Gasteiger partial charge in [0.2, 0.25) is 5.91 Å². The number of benzene rings is 1. The van der Waals surface area contributed by atoms with Crippen LogP contribution in [0, 0.1) is 17.8 Å². The fourth-order valence-electron chi connectivity index (χ4n) is 3.82. The Bertz CT molecular complexity index is 619. The summed E-state index contributed by atoms with van der Waals surface area (Å²) in [5.74, 6) is 0.120. The second-order valence-corrected chi connectivity index (χ2v) is 9.37. The van der Waals surface area contributed by atoms with Crippen LogP contribution < -0.4 is 5.32 Å². The molecule has 3 heteroatoms. The van der Waals surface area contributed by atoms with Gasteiger partial charge >= 0.3 is 0 Å². The van der Waals surface area contributed by atoms with Gasteiger partial charge in [0, 0.05) is 5.41 Å². The molecule has 0 bridgehead atoms. The van der Waals surface area contributed by atoms with Gasteiger partial charge in [-0.25, -0.2) is 0 Å². The molecule has 0 saturated heterocycles. The minimum atomic E-state index is -0.433. The molecule has 0 aliphatic heterocycles. The van der Waals surface area contributed by atoms with E-state index in [1.54, 1.807) is 6.92 Å². The molecule has 144 valence electrons. The van der Waals surface area contributed by atoms with Gasteiger partial charge in [-0.2, -0.15) is 0 Å². The summed E-state index contributed by atoms with van der Waals surface area (Å²) in [6.45, 7) is 10.3. The van der Waals surface area contributed by atoms with Crippen LogP contribution in [0.5, 0.6) is 0 Å². The standard InChI is InChI=1S/C23H35NO2/c1-17-8-10-19(11-9-17)16-20(18(2)25)24-21(26)23(12-6-7-13-23)15-14-22(3,4)5/h8-11,20H,6-7,12-16H2,1-5H3,(H,24,26)/t20-/m0/s1. The number of amides is 1. The van der Waals surface area contributed by atoms with Crippen LogP contribution in [0.4, 0.5) is 0 Å². The molecule has 1 aliphatic carbocycles. The van der Waals surface area contributed by atoms with E-state index < -0.39 is 6.04 Å². The molecule has 1 saturated carbocycles. The van der Waals surface area contributed by atoms with E-state index in [1.807, 2.05) is 19.1 Å². The van der Waals surface area contributed by atoms with Crippen LogP contribution in [0.2, 0.25) is 0 Å². The summed E-state index contributed by atoms with van der Waals surface area (Å²) in [4.78, 5) is 25.4. The zero-order valence-electron chi connectivity index (χ0n) is 17.2. The second kappa shape index (κ2) is 8.37. The first kappa shape index (κ1) is 20.7. The fraction of sp³-hybridized carbons (Fsp3) is 0.652. The number of aryl methyl sites for hydroxylation is 1. The number of ketones is 1. The predicted molar refractivity (Wildman–Crippen MR) is 107 cm³/mol. The number of carbonyl (C=O) groups excluding carboxylic acids is 2. The smallest absolute Gasteiger partial charge is 0.226 e. The Morgan fingerprint density at radius 2 is 1.69 bits per heavy atom. The first-order valence-electron chi connectivity index (χ1n) is 9.98. The quantitative estimate of drug-likeness (QED) is 0.746. The Labute approximate surface area is 159 Å². The first-order valence-corrected chi connectivity index (χ1v) is 9.98. The number of carbonyl (C=O) groups is 2. The van der Waals surface area contributed by atoms with E-state index in [9.17, 15) is 9.59 Å². The molecule has 2 rings (SSSR count). The summed E-state index contributed by atoms with van der Waals surface area (Å²) in [5, 5.41) is 3.11. The van der Waals surface area contributed by atoms with Crippen molar-refractivity contribution in [3.63, 3.8) is 0 Å². The topological polar surface area (TPSA) is 46.2 Å². The molecule has 1 N–H and O–H groups in total. The van der Waals surface area contributed by atoms with E-state index in [4.69, 9.17) is 0 Å². The maximum atomic E-state index is 13.2. The van der Waals surface area contributed by atoms with E-state index in [1.165, 1.54) is 5.56 Å². The van der Waals surface area contributed by atoms with Gasteiger partial charge in [-0.05, 0) is 56.9 Å². The van der Waals surface area contributed by atoms with Gasteiger partial charge in [-0.3, -0.25) is 9.59 Å². The summed E-state index contributed by atoms with van der Waals surface area (Å²) < 4.78 is 0. The lowest BCUT2D eigenvalue weighted by Gasteiger charge is -2.32. The normalized spacial score (nSPS) is 17.7. The summed E-state index contributed by atoms with van der Waals surface area (Å²) in [7, 11) is 0. The van der Waals surface area contributed by atoms with E-state index in [2.05, 4.69) is 38.2 Å². The monoisotopic (exact) mass is 357 g/mol. The molecular weight excluding hydrogens is 322 g/mol. The lowest BCUT2D eigenvalue weighted by molar-refractivity contribution is -0.134. The van der Waals surface area contributed by atoms with Gasteiger partial charge in [0.05, 0.1) is 6.04 Å². The van der Waals surface area contributed by atoms with Gasteiger partial charge in [0.25, 0.3) is 0 Å². The number of Topliss-reactive ketones (excluding diaryl/α,β-unsaturated/α-hetero) is 1. The van der Waals surface area contributed by atoms with Gasteiger partial charge in [-0.1, -0.05) is 63.4 Å². The molecule has 1 fully saturated rings. The molecule has 1 aromatic carbocycles. The van der Waals surface area contributed by atoms with Crippen LogP contribution in [0.25, 0.3) is 0 Å². The minimum absolute atomic E-state index is 0.0305. The lowest BCUT2D eigenvalue weighted by atomic mass is 9.75. The van der Waals surface area contributed by atoms with Crippen LogP contribution in [-0.4, -0.2) is 17.7 Å². The molecule has 1 atom stereocenters. The molecule has 0 heterocycles. The molecular formula is C23H35NO2. The van der Waals surface area contributed by atoms with Crippen molar-refractivity contribution in [3.05, 3.63) is 35.4 Å². The Kier molecular flexibility index (Phi) is 6.65. The number of nitrogens with one attached hydrogen (secondary N) is 1. The largest absolute Gasteiger partial charge is 0.345 e. The van der Waals surface area contributed by atoms with Crippen LogP contribution >= 0.6 is 0 Å². The average Bonchev–Trinajstić information content (AvgIpc) is 3.04. The first-order chi connectivity index (χ1) is 12.1. The van der Waals surface area contributed by atoms with Crippen molar-refractivity contribution >= 4 is 11.7 Å². The van der Waals surface area contributed by atoms with Crippen LogP contribution in [-0.2, 0) is 16.0 Å². The summed E-state index contributed by atoms with van der Waals surface area (Å²) in [5.41, 5.74) is 2.22. The van der Waals surface area contributed by atoms with Crippen LogP contribution in [0.3, 0.4) is 0 Å². The molecule has 3 nitrogen and oxygen atoms in total. The Balaban J connectivity index is 2.08. The average molecular weight is 358 g/mol. The second-order valence-electron chi connectivity index (χ2n) is 9.37. The summed E-state index contributed by atoms with van der Waals surface area (Å²) >= 11 is 0. The number of hydrogen-bond donors (Lipinski definition) is 1. The van der Waals surface area contributed by atoms with Crippen LogP contribution in [0.1, 0.15) is 77.3 Å². The third kappa shape index (κ3) is 5.69. The van der Waals surface area contributed by atoms with Gasteiger partial charge in [-0.15, -0.1) is 0 Å². The van der Waals surface area contributed by atoms with Crippen molar-refractivity contribution in [1.82, 2.24) is 5.32 Å². The molecule has 0 radical (unpaired) electrons. The number of rotatable bonds is 7. The zero-order valence-corrected chi connectivity index (χ0v) is 17.2. The van der Waals surface area contributed by atoms with Crippen molar-refractivity contribution in [3.8, 4) is 0 Å². The molecule has 0 spiro atoms. The van der Waals surface area contributed by atoms with E-state index >= 15 is 0 Å². The third-order valence-corrected chi connectivity index (χ3v) is 5.75. The van der Waals surface area contributed by atoms with Crippen molar-refractivity contribution in [2.24, 2.45) is 10.8 Å². The zero-order chi connectivity index (χ0) is 19.4. The van der Waals surface area contributed by atoms with Crippen molar-refractivity contribution in [2.45, 2.75) is 85.6 Å². The van der Waals surface area contributed by atoms with E-state index in [-0.39, 0.29) is 22.5 Å². The minimum Gasteiger partial charge on any atom is -0.345 e. The Morgan fingerprint density at radius 3 is 2.19 bits per heavy atom. The highest BCUT2D eigenvalue weighted by Crippen LogP contribution is 2.44. The molecule has 1 aromatic rings. The third-order valence-electron chi connectivity index (χ3n) is 5.75. The molecule has 1 amide bonds. The van der Waals surface area contributed by atoms with Crippen LogP contribution in [0.15, 0.2) is 24.3 Å².